The van der Waals surface area contributed by atoms with Gasteiger partial charge in [0.25, 0.3) is 0 Å². The Morgan fingerprint density at radius 3 is 2.42 bits per heavy atom. The lowest BCUT2D eigenvalue weighted by Gasteiger charge is -2.24. The van der Waals surface area contributed by atoms with Gasteiger partial charge in [-0.25, -0.2) is 0 Å². The van der Waals surface area contributed by atoms with Gasteiger partial charge in [-0.15, -0.1) is 0 Å². The van der Waals surface area contributed by atoms with Crippen molar-refractivity contribution >= 4 is 5.69 Å². The predicted molar refractivity (Wildman–Crippen MR) is 72.1 cm³/mol. The van der Waals surface area contributed by atoms with Crippen LogP contribution in [-0.4, -0.2) is 13.6 Å². The molecule has 0 amide bonds. The van der Waals surface area contributed by atoms with Crippen LogP contribution in [0.4, 0.5) is 18.9 Å². The number of rotatable bonds is 6. The summed E-state index contributed by atoms with van der Waals surface area (Å²) in [7, 11) is 1.70. The number of hydrogen-bond acceptors (Lipinski definition) is 2. The summed E-state index contributed by atoms with van der Waals surface area (Å²) in [5.74, 6) is 0. The molecule has 19 heavy (non-hydrogen) atoms. The highest BCUT2D eigenvalue weighted by Crippen LogP contribution is 2.37. The molecule has 1 aromatic rings. The highest BCUT2D eigenvalue weighted by Gasteiger charge is 2.34. The Morgan fingerprint density at radius 2 is 1.89 bits per heavy atom. The number of nitrogens with two attached hydrogens (primary N) is 1. The zero-order chi connectivity index (χ0) is 14.5. The minimum absolute atomic E-state index is 0.114. The Labute approximate surface area is 112 Å². The molecule has 0 atom stereocenters. The van der Waals surface area contributed by atoms with Crippen LogP contribution in [0, 0.1) is 0 Å². The first-order chi connectivity index (χ1) is 8.90. The fourth-order valence-corrected chi connectivity index (χ4v) is 1.99. The van der Waals surface area contributed by atoms with Gasteiger partial charge in [-0.3, -0.25) is 0 Å². The van der Waals surface area contributed by atoms with Crippen LogP contribution in [0.3, 0.4) is 0 Å². The maximum atomic E-state index is 13.0. The number of halogens is 3. The van der Waals surface area contributed by atoms with Crippen molar-refractivity contribution in [3.8, 4) is 0 Å². The average Bonchev–Trinajstić information content (AvgIpc) is 2.37. The molecular weight excluding hydrogens is 253 g/mol. The van der Waals surface area contributed by atoms with Crippen molar-refractivity contribution in [2.45, 2.75) is 38.9 Å². The number of benzene rings is 1. The average molecular weight is 274 g/mol. The molecule has 5 heteroatoms. The third kappa shape index (κ3) is 4.42. The minimum atomic E-state index is -4.35. The topological polar surface area (TPSA) is 29.3 Å². The molecule has 0 unspecified atom stereocenters. The number of hydrogen-bond donors (Lipinski definition) is 1. The third-order valence-electron chi connectivity index (χ3n) is 3.11. The van der Waals surface area contributed by atoms with E-state index >= 15 is 0 Å². The van der Waals surface area contributed by atoms with Gasteiger partial charge in [-0.2, -0.15) is 13.2 Å². The van der Waals surface area contributed by atoms with E-state index < -0.39 is 11.7 Å². The van der Waals surface area contributed by atoms with Gasteiger partial charge in [0.05, 0.1) is 5.56 Å². The summed E-state index contributed by atoms with van der Waals surface area (Å²) >= 11 is 0. The van der Waals surface area contributed by atoms with Crippen LogP contribution in [0.1, 0.15) is 37.3 Å². The van der Waals surface area contributed by atoms with E-state index in [2.05, 4.69) is 6.92 Å². The zero-order valence-electron chi connectivity index (χ0n) is 11.4. The zero-order valence-corrected chi connectivity index (χ0v) is 11.4. The highest BCUT2D eigenvalue weighted by atomic mass is 19.4. The molecule has 0 radical (unpaired) electrons. The fourth-order valence-electron chi connectivity index (χ4n) is 1.99. The molecule has 0 spiro atoms. The van der Waals surface area contributed by atoms with Gasteiger partial charge in [0, 0.05) is 25.8 Å². The smallest absolute Gasteiger partial charge is 0.374 e. The maximum Gasteiger partial charge on any atom is 0.418 e. The van der Waals surface area contributed by atoms with Crippen LogP contribution < -0.4 is 10.6 Å². The Morgan fingerprint density at radius 1 is 1.21 bits per heavy atom. The molecule has 0 fully saturated rings. The van der Waals surface area contributed by atoms with Crippen molar-refractivity contribution in [2.24, 2.45) is 5.73 Å². The van der Waals surface area contributed by atoms with Crippen molar-refractivity contribution in [1.29, 1.82) is 0 Å². The summed E-state index contributed by atoms with van der Waals surface area (Å²) < 4.78 is 39.1. The largest absolute Gasteiger partial charge is 0.418 e. The minimum Gasteiger partial charge on any atom is -0.374 e. The number of alkyl halides is 3. The lowest BCUT2D eigenvalue weighted by Crippen LogP contribution is -2.22. The molecule has 2 nitrogen and oxygen atoms in total. The molecule has 0 aliphatic heterocycles. The molecule has 0 bridgehead atoms. The second-order valence-corrected chi connectivity index (χ2v) is 4.68. The monoisotopic (exact) mass is 274 g/mol. The van der Waals surface area contributed by atoms with Gasteiger partial charge in [-0.05, 0) is 24.1 Å². The van der Waals surface area contributed by atoms with Crippen molar-refractivity contribution < 1.29 is 13.2 Å². The van der Waals surface area contributed by atoms with Crippen molar-refractivity contribution in [3.63, 3.8) is 0 Å². The molecule has 1 aromatic carbocycles. The van der Waals surface area contributed by atoms with E-state index in [9.17, 15) is 13.2 Å². The van der Waals surface area contributed by atoms with Crippen LogP contribution in [0.5, 0.6) is 0 Å². The number of unbranched alkanes of at least 4 members (excludes halogenated alkanes) is 2. The lowest BCUT2D eigenvalue weighted by atomic mass is 10.1. The molecule has 0 aliphatic rings. The Balaban J connectivity index is 2.98. The molecular formula is C14H21F3N2. The van der Waals surface area contributed by atoms with E-state index in [0.717, 1.165) is 25.3 Å². The van der Waals surface area contributed by atoms with E-state index in [-0.39, 0.29) is 12.2 Å². The van der Waals surface area contributed by atoms with Gasteiger partial charge < -0.3 is 10.6 Å². The molecule has 0 heterocycles. The highest BCUT2D eigenvalue weighted by molar-refractivity contribution is 5.56. The van der Waals surface area contributed by atoms with E-state index in [1.54, 1.807) is 18.0 Å². The number of nitrogens with zero attached hydrogens (tertiary/aromatic N) is 1. The van der Waals surface area contributed by atoms with Gasteiger partial charge in [-0.1, -0.05) is 25.8 Å². The Kier molecular flexibility index (Phi) is 5.66. The standard InChI is InChI=1S/C14H21F3N2/c1-3-4-5-8-19(2)13-7-6-11(10-18)9-12(13)14(15,16)17/h6-7,9H,3-5,8,10,18H2,1-2H3. The van der Waals surface area contributed by atoms with E-state index in [1.165, 1.54) is 6.07 Å². The third-order valence-corrected chi connectivity index (χ3v) is 3.11. The van der Waals surface area contributed by atoms with Crippen molar-refractivity contribution in [2.75, 3.05) is 18.5 Å². The Hall–Kier alpha value is -1.23. The first kappa shape index (κ1) is 15.8. The quantitative estimate of drug-likeness (QED) is 0.800. The molecule has 1 rings (SSSR count). The number of anilines is 1. The van der Waals surface area contributed by atoms with Gasteiger partial charge in [0.2, 0.25) is 0 Å². The van der Waals surface area contributed by atoms with Gasteiger partial charge >= 0.3 is 6.18 Å². The first-order valence-electron chi connectivity index (χ1n) is 6.51. The van der Waals surface area contributed by atoms with E-state index in [1.807, 2.05) is 0 Å². The van der Waals surface area contributed by atoms with Crippen LogP contribution in [0.25, 0.3) is 0 Å². The van der Waals surface area contributed by atoms with Crippen LogP contribution >= 0.6 is 0 Å². The SMILES string of the molecule is CCCCCN(C)c1ccc(CN)cc1C(F)(F)F. The fraction of sp³-hybridized carbons (Fsp3) is 0.571. The summed E-state index contributed by atoms with van der Waals surface area (Å²) in [6.07, 6.45) is -1.39. The molecule has 108 valence electrons. The van der Waals surface area contributed by atoms with Crippen molar-refractivity contribution in [1.82, 2.24) is 0 Å². The first-order valence-corrected chi connectivity index (χ1v) is 6.51. The summed E-state index contributed by atoms with van der Waals surface area (Å²) in [6, 6.07) is 4.31. The second kappa shape index (κ2) is 6.80. The second-order valence-electron chi connectivity index (χ2n) is 4.68. The van der Waals surface area contributed by atoms with E-state index in [4.69, 9.17) is 5.73 Å². The van der Waals surface area contributed by atoms with E-state index in [0.29, 0.717) is 12.1 Å². The lowest BCUT2D eigenvalue weighted by molar-refractivity contribution is -0.137. The predicted octanol–water partition coefficient (Wildman–Crippen LogP) is 3.79. The van der Waals surface area contributed by atoms with Gasteiger partial charge in [0.15, 0.2) is 0 Å². The summed E-state index contributed by atoms with van der Waals surface area (Å²) in [5, 5.41) is 0. The molecule has 0 aliphatic carbocycles. The molecule has 0 aromatic heterocycles. The normalized spacial score (nSPS) is 11.7. The van der Waals surface area contributed by atoms with Crippen LogP contribution in [-0.2, 0) is 12.7 Å². The maximum absolute atomic E-state index is 13.0. The summed E-state index contributed by atoms with van der Waals surface area (Å²) in [6.45, 7) is 2.80. The van der Waals surface area contributed by atoms with Crippen molar-refractivity contribution in [3.05, 3.63) is 29.3 Å². The Bertz CT molecular complexity index is 402. The molecule has 0 saturated heterocycles. The van der Waals surface area contributed by atoms with Crippen LogP contribution in [0.2, 0.25) is 0 Å². The molecule has 0 saturated carbocycles. The van der Waals surface area contributed by atoms with Gasteiger partial charge in [0.1, 0.15) is 0 Å². The summed E-state index contributed by atoms with van der Waals surface area (Å²) in [5.41, 5.74) is 5.52. The van der Waals surface area contributed by atoms with Crippen LogP contribution in [0.15, 0.2) is 18.2 Å². The molecule has 2 N–H and O–H groups in total. The summed E-state index contributed by atoms with van der Waals surface area (Å²) in [4.78, 5) is 1.67.